The first-order valence-corrected chi connectivity index (χ1v) is 9.39. The summed E-state index contributed by atoms with van der Waals surface area (Å²) in [5.41, 5.74) is 1.91. The highest BCUT2D eigenvalue weighted by atomic mass is 127. The zero-order chi connectivity index (χ0) is 19.8. The molecule has 0 radical (unpaired) electrons. The van der Waals surface area contributed by atoms with Crippen LogP contribution in [0.5, 0.6) is 23.0 Å². The van der Waals surface area contributed by atoms with Crippen molar-refractivity contribution in [2.75, 3.05) is 39.3 Å². The third kappa shape index (κ3) is 6.31. The van der Waals surface area contributed by atoms with Gasteiger partial charge >= 0.3 is 0 Å². The van der Waals surface area contributed by atoms with Gasteiger partial charge in [-0.2, -0.15) is 0 Å². The number of ether oxygens (including phenoxy) is 4. The van der Waals surface area contributed by atoms with Crippen molar-refractivity contribution in [2.24, 2.45) is 4.99 Å². The van der Waals surface area contributed by atoms with Gasteiger partial charge in [0.1, 0.15) is 0 Å². The van der Waals surface area contributed by atoms with Crippen LogP contribution in [0.15, 0.2) is 41.4 Å². The number of benzene rings is 2. The summed E-state index contributed by atoms with van der Waals surface area (Å²) in [5, 5.41) is 6.58. The van der Waals surface area contributed by atoms with E-state index in [2.05, 4.69) is 15.6 Å². The second-order valence-corrected chi connectivity index (χ2v) is 6.22. The van der Waals surface area contributed by atoms with Gasteiger partial charge in [0, 0.05) is 24.7 Å². The predicted octanol–water partition coefficient (Wildman–Crippen LogP) is 4.06. The van der Waals surface area contributed by atoms with Crippen LogP contribution in [0.4, 0.5) is 5.69 Å². The van der Waals surface area contributed by atoms with Crippen LogP contribution < -0.4 is 29.6 Å². The van der Waals surface area contributed by atoms with Crippen molar-refractivity contribution in [3.8, 4) is 23.0 Å². The topological polar surface area (TPSA) is 73.3 Å². The zero-order valence-electron chi connectivity index (χ0n) is 17.0. The van der Waals surface area contributed by atoms with Crippen molar-refractivity contribution in [3.05, 3.63) is 42.0 Å². The second kappa shape index (κ2) is 11.6. The molecule has 1 aliphatic rings. The normalized spacial score (nSPS) is 13.0. The van der Waals surface area contributed by atoms with E-state index in [1.807, 2.05) is 43.3 Å². The van der Waals surface area contributed by atoms with Crippen LogP contribution >= 0.6 is 24.0 Å². The van der Waals surface area contributed by atoms with E-state index >= 15 is 0 Å². The van der Waals surface area contributed by atoms with E-state index in [1.165, 1.54) is 0 Å². The van der Waals surface area contributed by atoms with Crippen LogP contribution in [-0.4, -0.2) is 39.9 Å². The van der Waals surface area contributed by atoms with Crippen molar-refractivity contribution in [1.82, 2.24) is 5.32 Å². The van der Waals surface area contributed by atoms with Crippen molar-refractivity contribution in [1.29, 1.82) is 0 Å². The van der Waals surface area contributed by atoms with Crippen LogP contribution in [0.1, 0.15) is 18.9 Å². The Morgan fingerprint density at radius 1 is 1.00 bits per heavy atom. The Bertz CT molecular complexity index is 830. The van der Waals surface area contributed by atoms with Crippen molar-refractivity contribution >= 4 is 35.6 Å². The zero-order valence-corrected chi connectivity index (χ0v) is 19.3. The molecule has 0 aromatic heterocycles. The number of halogens is 1. The van der Waals surface area contributed by atoms with Crippen molar-refractivity contribution in [2.45, 2.75) is 19.9 Å². The number of rotatable bonds is 6. The highest BCUT2D eigenvalue weighted by Gasteiger charge is 2.11. The molecule has 3 rings (SSSR count). The minimum atomic E-state index is 0. The monoisotopic (exact) mass is 513 g/mol. The SMILES string of the molecule is CCNC(=NCc1ccc(OC)c(OC)c1)Nc1ccc2c(c1)OCCCO2.I. The lowest BCUT2D eigenvalue weighted by molar-refractivity contribution is 0.297. The number of hydrogen-bond donors (Lipinski definition) is 2. The van der Waals surface area contributed by atoms with E-state index in [0.29, 0.717) is 37.2 Å². The van der Waals surface area contributed by atoms with E-state index in [0.717, 1.165) is 35.7 Å². The molecule has 0 saturated heterocycles. The molecule has 158 valence electrons. The predicted molar refractivity (Wildman–Crippen MR) is 125 cm³/mol. The Labute approximate surface area is 188 Å². The number of aliphatic imine (C=N–C) groups is 1. The molecule has 0 unspecified atom stereocenters. The molecule has 0 atom stereocenters. The van der Waals surface area contributed by atoms with Gasteiger partial charge < -0.3 is 29.6 Å². The first-order chi connectivity index (χ1) is 13.7. The fraction of sp³-hybridized carbons (Fsp3) is 0.381. The number of fused-ring (bicyclic) bond motifs is 1. The molecule has 29 heavy (non-hydrogen) atoms. The van der Waals surface area contributed by atoms with Gasteiger partial charge in [-0.05, 0) is 36.8 Å². The largest absolute Gasteiger partial charge is 0.493 e. The summed E-state index contributed by atoms with van der Waals surface area (Å²) in [6, 6.07) is 11.6. The smallest absolute Gasteiger partial charge is 0.196 e. The molecule has 8 heteroatoms. The molecule has 1 aliphatic heterocycles. The second-order valence-electron chi connectivity index (χ2n) is 6.22. The van der Waals surface area contributed by atoms with Gasteiger partial charge in [-0.1, -0.05) is 6.07 Å². The van der Waals surface area contributed by atoms with Crippen molar-refractivity contribution < 1.29 is 18.9 Å². The van der Waals surface area contributed by atoms with Crippen LogP contribution in [-0.2, 0) is 6.54 Å². The summed E-state index contributed by atoms with van der Waals surface area (Å²) in [7, 11) is 3.25. The fourth-order valence-corrected chi connectivity index (χ4v) is 2.83. The third-order valence-electron chi connectivity index (χ3n) is 4.22. The van der Waals surface area contributed by atoms with Gasteiger partial charge in [0.2, 0.25) is 0 Å². The highest BCUT2D eigenvalue weighted by molar-refractivity contribution is 14.0. The van der Waals surface area contributed by atoms with Gasteiger partial charge in [-0.15, -0.1) is 24.0 Å². The van der Waals surface area contributed by atoms with E-state index in [-0.39, 0.29) is 24.0 Å². The van der Waals surface area contributed by atoms with Gasteiger partial charge in [-0.25, -0.2) is 4.99 Å². The third-order valence-corrected chi connectivity index (χ3v) is 4.22. The molecule has 1 heterocycles. The summed E-state index contributed by atoms with van der Waals surface area (Å²) in [6.07, 6.45) is 0.882. The Hall–Kier alpha value is -2.36. The quantitative estimate of drug-likeness (QED) is 0.345. The molecule has 0 amide bonds. The lowest BCUT2D eigenvalue weighted by Crippen LogP contribution is -2.30. The summed E-state index contributed by atoms with van der Waals surface area (Å²) in [4.78, 5) is 4.67. The number of nitrogens with one attached hydrogen (secondary N) is 2. The molecular weight excluding hydrogens is 485 g/mol. The average Bonchev–Trinajstić information content (AvgIpc) is 2.97. The van der Waals surface area contributed by atoms with E-state index < -0.39 is 0 Å². The number of methoxy groups -OCH3 is 2. The Morgan fingerprint density at radius 3 is 2.48 bits per heavy atom. The first kappa shape index (κ1) is 22.9. The molecule has 0 spiro atoms. The molecule has 2 aromatic rings. The summed E-state index contributed by atoms with van der Waals surface area (Å²) in [6.45, 7) is 4.61. The van der Waals surface area contributed by atoms with Gasteiger partial charge in [0.05, 0.1) is 34.0 Å². The number of hydrogen-bond acceptors (Lipinski definition) is 5. The van der Waals surface area contributed by atoms with Crippen LogP contribution in [0.25, 0.3) is 0 Å². The summed E-state index contributed by atoms with van der Waals surface area (Å²) < 4.78 is 22.1. The van der Waals surface area contributed by atoms with Crippen molar-refractivity contribution in [3.63, 3.8) is 0 Å². The number of nitrogens with zero attached hydrogens (tertiary/aromatic N) is 1. The lowest BCUT2D eigenvalue weighted by Gasteiger charge is -2.14. The molecule has 0 fully saturated rings. The Kier molecular flexibility index (Phi) is 9.17. The average molecular weight is 513 g/mol. The van der Waals surface area contributed by atoms with E-state index in [4.69, 9.17) is 18.9 Å². The summed E-state index contributed by atoms with van der Waals surface area (Å²) >= 11 is 0. The molecule has 0 bridgehead atoms. The standard InChI is InChI=1S/C21H27N3O4.HI/c1-4-22-21(23-14-15-6-8-17(25-2)19(12-15)26-3)24-16-7-9-18-20(13-16)28-11-5-10-27-18;/h6-9,12-13H,4-5,10-11,14H2,1-3H3,(H2,22,23,24);1H. The summed E-state index contributed by atoms with van der Waals surface area (Å²) in [5.74, 6) is 3.60. The lowest BCUT2D eigenvalue weighted by atomic mass is 10.2. The molecule has 0 aliphatic carbocycles. The molecule has 0 saturated carbocycles. The van der Waals surface area contributed by atoms with Gasteiger partial charge in [0.25, 0.3) is 0 Å². The van der Waals surface area contributed by atoms with E-state index in [1.54, 1.807) is 14.2 Å². The number of anilines is 1. The molecular formula is C21H28IN3O4. The molecule has 7 nitrogen and oxygen atoms in total. The maximum atomic E-state index is 5.76. The Morgan fingerprint density at radius 2 is 1.76 bits per heavy atom. The van der Waals surface area contributed by atoms with Gasteiger partial charge in [0.15, 0.2) is 29.0 Å². The van der Waals surface area contributed by atoms with Gasteiger partial charge in [-0.3, -0.25) is 0 Å². The molecule has 2 N–H and O–H groups in total. The minimum Gasteiger partial charge on any atom is -0.493 e. The Balaban J connectivity index is 0.00000300. The number of guanidine groups is 1. The maximum Gasteiger partial charge on any atom is 0.196 e. The van der Waals surface area contributed by atoms with E-state index in [9.17, 15) is 0 Å². The maximum absolute atomic E-state index is 5.76. The fourth-order valence-electron chi connectivity index (χ4n) is 2.83. The minimum absolute atomic E-state index is 0. The van der Waals surface area contributed by atoms with Crippen LogP contribution in [0.2, 0.25) is 0 Å². The van der Waals surface area contributed by atoms with Crippen LogP contribution in [0, 0.1) is 0 Å². The first-order valence-electron chi connectivity index (χ1n) is 9.39. The molecule has 2 aromatic carbocycles. The highest BCUT2D eigenvalue weighted by Crippen LogP contribution is 2.32. The van der Waals surface area contributed by atoms with Crippen LogP contribution in [0.3, 0.4) is 0 Å².